The highest BCUT2D eigenvalue weighted by Crippen LogP contribution is 2.27. The Morgan fingerprint density at radius 3 is 2.67 bits per heavy atom. The lowest BCUT2D eigenvalue weighted by Crippen LogP contribution is -2.00. The van der Waals surface area contributed by atoms with Gasteiger partial charge >= 0.3 is 0 Å². The number of halogens is 3. The second-order valence-corrected chi connectivity index (χ2v) is 4.57. The molecule has 0 saturated carbocycles. The van der Waals surface area contributed by atoms with Gasteiger partial charge in [-0.2, -0.15) is 0 Å². The highest BCUT2D eigenvalue weighted by Gasteiger charge is 2.07. The normalized spacial score (nSPS) is 10.4. The lowest BCUT2D eigenvalue weighted by Gasteiger charge is -2.10. The van der Waals surface area contributed by atoms with E-state index in [1.807, 2.05) is 0 Å². The van der Waals surface area contributed by atoms with E-state index < -0.39 is 5.82 Å². The smallest absolute Gasteiger partial charge is 0.165 e. The van der Waals surface area contributed by atoms with Gasteiger partial charge in [0.1, 0.15) is 0 Å². The summed E-state index contributed by atoms with van der Waals surface area (Å²) in [6.45, 7) is 0.269. The molecule has 0 amide bonds. The molecule has 2 aromatic carbocycles. The summed E-state index contributed by atoms with van der Waals surface area (Å²) < 4.78 is 13.1. The molecule has 2 rings (SSSR count). The Labute approximate surface area is 114 Å². The molecule has 2 aromatic rings. The van der Waals surface area contributed by atoms with Crippen LogP contribution in [0.25, 0.3) is 0 Å². The third-order valence-corrected chi connectivity index (χ3v) is 3.02. The molecule has 0 saturated heterocycles. The molecule has 94 valence electrons. The summed E-state index contributed by atoms with van der Waals surface area (Å²) in [6.07, 6.45) is 0. The van der Waals surface area contributed by atoms with Crippen molar-refractivity contribution in [3.05, 3.63) is 57.8 Å². The fourth-order valence-electron chi connectivity index (χ4n) is 1.53. The Morgan fingerprint density at radius 1 is 1.17 bits per heavy atom. The average Bonchev–Trinajstić information content (AvgIpc) is 2.33. The molecule has 0 bridgehead atoms. The average molecular weight is 286 g/mol. The Balaban J connectivity index is 2.14. The largest absolute Gasteiger partial charge is 0.505 e. The Hall–Kier alpha value is -1.45. The van der Waals surface area contributed by atoms with Gasteiger partial charge in [-0.05, 0) is 24.3 Å². The first kappa shape index (κ1) is 13.0. The number of phenols is 1. The van der Waals surface area contributed by atoms with Crippen LogP contribution >= 0.6 is 23.2 Å². The fourth-order valence-corrected chi connectivity index (χ4v) is 2.00. The predicted molar refractivity (Wildman–Crippen MR) is 71.9 cm³/mol. The minimum Gasteiger partial charge on any atom is -0.505 e. The van der Waals surface area contributed by atoms with E-state index in [1.54, 1.807) is 24.3 Å². The maximum Gasteiger partial charge on any atom is 0.165 e. The summed E-state index contributed by atoms with van der Waals surface area (Å²) >= 11 is 11.8. The number of nitrogens with one attached hydrogen (secondary N) is 1. The lowest BCUT2D eigenvalue weighted by atomic mass is 10.2. The van der Waals surface area contributed by atoms with Gasteiger partial charge in [-0.25, -0.2) is 4.39 Å². The summed E-state index contributed by atoms with van der Waals surface area (Å²) in [7, 11) is 0. The van der Waals surface area contributed by atoms with Gasteiger partial charge in [-0.1, -0.05) is 35.3 Å². The minimum absolute atomic E-state index is 0.269. The summed E-state index contributed by atoms with van der Waals surface area (Å²) in [5.74, 6) is -0.994. The Morgan fingerprint density at radius 2 is 1.94 bits per heavy atom. The summed E-state index contributed by atoms with van der Waals surface area (Å²) in [4.78, 5) is 0. The van der Waals surface area contributed by atoms with E-state index in [-0.39, 0.29) is 12.3 Å². The van der Waals surface area contributed by atoms with E-state index in [0.717, 1.165) is 0 Å². The maximum atomic E-state index is 13.1. The molecule has 2 N–H and O–H groups in total. The maximum absolute atomic E-state index is 13.1. The van der Waals surface area contributed by atoms with Crippen molar-refractivity contribution in [2.75, 3.05) is 5.32 Å². The molecule has 5 heteroatoms. The summed E-state index contributed by atoms with van der Waals surface area (Å²) in [5, 5.41) is 13.5. The second-order valence-electron chi connectivity index (χ2n) is 3.73. The number of aromatic hydroxyl groups is 1. The van der Waals surface area contributed by atoms with Crippen LogP contribution in [0, 0.1) is 5.82 Å². The minimum atomic E-state index is -0.642. The van der Waals surface area contributed by atoms with Crippen molar-refractivity contribution in [2.45, 2.75) is 6.54 Å². The van der Waals surface area contributed by atoms with Gasteiger partial charge in [0.2, 0.25) is 0 Å². The van der Waals surface area contributed by atoms with Crippen molar-refractivity contribution in [2.24, 2.45) is 0 Å². The van der Waals surface area contributed by atoms with Crippen LogP contribution in [-0.2, 0) is 6.54 Å². The number of rotatable bonds is 3. The van der Waals surface area contributed by atoms with Crippen LogP contribution in [0.4, 0.5) is 10.1 Å². The van der Waals surface area contributed by atoms with Crippen LogP contribution in [0.2, 0.25) is 10.0 Å². The second kappa shape index (κ2) is 5.46. The molecular formula is C13H10Cl2FNO. The molecule has 0 radical (unpaired) electrons. The number of phenolic OH excluding ortho intramolecular Hbond substituents is 1. The van der Waals surface area contributed by atoms with Gasteiger partial charge in [0.25, 0.3) is 0 Å². The highest BCUT2D eigenvalue weighted by atomic mass is 35.5. The van der Waals surface area contributed by atoms with Crippen molar-refractivity contribution < 1.29 is 9.50 Å². The van der Waals surface area contributed by atoms with Gasteiger partial charge in [0, 0.05) is 17.1 Å². The van der Waals surface area contributed by atoms with Gasteiger partial charge in [0.15, 0.2) is 11.6 Å². The van der Waals surface area contributed by atoms with E-state index >= 15 is 0 Å². The first-order valence-electron chi connectivity index (χ1n) is 5.23. The molecule has 0 aromatic heterocycles. The quantitative estimate of drug-likeness (QED) is 0.873. The Kier molecular flexibility index (Phi) is 3.94. The molecule has 0 spiro atoms. The van der Waals surface area contributed by atoms with Crippen molar-refractivity contribution in [3.63, 3.8) is 0 Å². The van der Waals surface area contributed by atoms with E-state index in [0.29, 0.717) is 21.3 Å². The van der Waals surface area contributed by atoms with Crippen LogP contribution in [0.1, 0.15) is 5.56 Å². The standard InChI is InChI=1S/C13H10Cl2FNO/c14-9-4-5-12(10(15)6-9)17-7-8-2-1-3-11(16)13(8)18/h1-6,17-18H,7H2. The van der Waals surface area contributed by atoms with Gasteiger partial charge < -0.3 is 10.4 Å². The van der Waals surface area contributed by atoms with Crippen molar-refractivity contribution in [1.29, 1.82) is 0 Å². The monoisotopic (exact) mass is 285 g/mol. The van der Waals surface area contributed by atoms with Gasteiger partial charge in [-0.15, -0.1) is 0 Å². The molecule has 2 nitrogen and oxygen atoms in total. The van der Waals surface area contributed by atoms with Crippen LogP contribution in [0.15, 0.2) is 36.4 Å². The molecule has 0 aliphatic rings. The third kappa shape index (κ3) is 2.86. The first-order valence-corrected chi connectivity index (χ1v) is 5.99. The van der Waals surface area contributed by atoms with E-state index in [4.69, 9.17) is 23.2 Å². The molecule has 0 aliphatic carbocycles. The van der Waals surface area contributed by atoms with E-state index in [9.17, 15) is 9.50 Å². The molecule has 0 aliphatic heterocycles. The summed E-state index contributed by atoms with van der Waals surface area (Å²) in [6, 6.07) is 9.40. The molecule has 0 fully saturated rings. The number of hydrogen-bond acceptors (Lipinski definition) is 2. The highest BCUT2D eigenvalue weighted by molar-refractivity contribution is 6.36. The number of anilines is 1. The zero-order chi connectivity index (χ0) is 13.1. The molecule has 0 heterocycles. The molecular weight excluding hydrogens is 276 g/mol. The van der Waals surface area contributed by atoms with E-state index in [1.165, 1.54) is 12.1 Å². The van der Waals surface area contributed by atoms with Crippen LogP contribution in [0.3, 0.4) is 0 Å². The fraction of sp³-hybridized carbons (Fsp3) is 0.0769. The van der Waals surface area contributed by atoms with Gasteiger partial charge in [-0.3, -0.25) is 0 Å². The number of benzene rings is 2. The van der Waals surface area contributed by atoms with Gasteiger partial charge in [0.05, 0.1) is 10.7 Å². The predicted octanol–water partition coefficient (Wildman–Crippen LogP) is 4.45. The first-order chi connectivity index (χ1) is 8.58. The van der Waals surface area contributed by atoms with Crippen LogP contribution < -0.4 is 5.32 Å². The number of para-hydroxylation sites is 1. The zero-order valence-electron chi connectivity index (χ0n) is 9.25. The zero-order valence-corrected chi connectivity index (χ0v) is 10.8. The van der Waals surface area contributed by atoms with Crippen molar-refractivity contribution in [1.82, 2.24) is 0 Å². The topological polar surface area (TPSA) is 32.3 Å². The van der Waals surface area contributed by atoms with Crippen LogP contribution in [0.5, 0.6) is 5.75 Å². The van der Waals surface area contributed by atoms with Crippen molar-refractivity contribution in [3.8, 4) is 5.75 Å². The Bertz CT molecular complexity index is 575. The number of hydrogen-bond donors (Lipinski definition) is 2. The van der Waals surface area contributed by atoms with E-state index in [2.05, 4.69) is 5.32 Å². The lowest BCUT2D eigenvalue weighted by molar-refractivity contribution is 0.427. The summed E-state index contributed by atoms with van der Waals surface area (Å²) in [5.41, 5.74) is 1.13. The van der Waals surface area contributed by atoms with Crippen LogP contribution in [-0.4, -0.2) is 5.11 Å². The SMILES string of the molecule is Oc1c(F)cccc1CNc1ccc(Cl)cc1Cl. The molecule has 0 atom stereocenters. The molecule has 0 unspecified atom stereocenters. The van der Waals surface area contributed by atoms with Crippen molar-refractivity contribution >= 4 is 28.9 Å². The third-order valence-electron chi connectivity index (χ3n) is 2.47. The molecule has 18 heavy (non-hydrogen) atoms.